The topological polar surface area (TPSA) is 92.3 Å². The average molecular weight is 348 g/mol. The van der Waals surface area contributed by atoms with Crippen LogP contribution in [0, 0.1) is 23.7 Å². The molecule has 3 fully saturated rings. The second-order valence-electron chi connectivity index (χ2n) is 7.04. The first-order chi connectivity index (χ1) is 11.6. The van der Waals surface area contributed by atoms with Gasteiger partial charge in [0, 0.05) is 37.3 Å². The van der Waals surface area contributed by atoms with Crippen molar-refractivity contribution in [2.45, 2.75) is 32.1 Å². The van der Waals surface area contributed by atoms with Gasteiger partial charge in [-0.05, 0) is 31.6 Å². The van der Waals surface area contributed by atoms with Crippen LogP contribution < -0.4 is 5.32 Å². The summed E-state index contributed by atoms with van der Waals surface area (Å²) in [6, 6.07) is 0. The van der Waals surface area contributed by atoms with Crippen molar-refractivity contribution in [2.24, 2.45) is 23.7 Å². The Hall–Kier alpha value is -1.83. The first-order valence-corrected chi connectivity index (χ1v) is 9.38. The maximum absolute atomic E-state index is 12.7. The number of piperidine rings is 1. The van der Waals surface area contributed by atoms with E-state index in [1.54, 1.807) is 5.51 Å². The predicted molar refractivity (Wildman–Crippen MR) is 87.2 cm³/mol. The van der Waals surface area contributed by atoms with Crippen molar-refractivity contribution >= 4 is 34.1 Å². The molecule has 0 aromatic carbocycles. The summed E-state index contributed by atoms with van der Waals surface area (Å²) in [5, 5.41) is 10.8. The number of amides is 2. The van der Waals surface area contributed by atoms with Gasteiger partial charge in [0.1, 0.15) is 11.3 Å². The Morgan fingerprint density at radius 2 is 2.04 bits per heavy atom. The highest BCUT2D eigenvalue weighted by atomic mass is 32.1. The summed E-state index contributed by atoms with van der Waals surface area (Å²) in [5.41, 5.74) is 1.58. The molecule has 0 spiro atoms. The van der Waals surface area contributed by atoms with E-state index in [2.05, 4.69) is 15.5 Å². The molecule has 2 saturated carbocycles. The fraction of sp³-hybridized carbons (Fsp3) is 0.688. The third-order valence-electron chi connectivity index (χ3n) is 5.70. The number of nitrogens with zero attached hydrogens (tertiary/aromatic N) is 3. The number of aromatic nitrogens is 2. The average Bonchev–Trinajstić information content (AvgIpc) is 3.31. The SMILES string of the molecule is O=C(Nc1nncs1)C1CCN(C(=O)[C@@H]2C[C@H]3C[C@@H]2CC3=O)CC1. The normalized spacial score (nSPS) is 29.9. The van der Waals surface area contributed by atoms with Gasteiger partial charge in [0.25, 0.3) is 0 Å². The van der Waals surface area contributed by atoms with Crippen molar-refractivity contribution in [3.63, 3.8) is 0 Å². The third kappa shape index (κ3) is 2.83. The van der Waals surface area contributed by atoms with Crippen LogP contribution in [0.1, 0.15) is 32.1 Å². The van der Waals surface area contributed by atoms with Gasteiger partial charge in [-0.2, -0.15) is 0 Å². The van der Waals surface area contributed by atoms with E-state index >= 15 is 0 Å². The van der Waals surface area contributed by atoms with Gasteiger partial charge in [-0.25, -0.2) is 0 Å². The van der Waals surface area contributed by atoms with Gasteiger partial charge in [0.2, 0.25) is 16.9 Å². The minimum absolute atomic E-state index is 0.0273. The van der Waals surface area contributed by atoms with Gasteiger partial charge in [0.05, 0.1) is 0 Å². The molecule has 7 nitrogen and oxygen atoms in total. The quantitative estimate of drug-likeness (QED) is 0.890. The zero-order chi connectivity index (χ0) is 16.7. The van der Waals surface area contributed by atoms with E-state index in [9.17, 15) is 14.4 Å². The molecule has 1 saturated heterocycles. The van der Waals surface area contributed by atoms with E-state index in [0.717, 1.165) is 12.8 Å². The maximum atomic E-state index is 12.7. The lowest BCUT2D eigenvalue weighted by atomic mass is 9.86. The maximum Gasteiger partial charge on any atom is 0.229 e. The molecule has 1 aromatic rings. The second kappa shape index (κ2) is 6.23. The lowest BCUT2D eigenvalue weighted by Crippen LogP contribution is -2.45. The molecule has 2 aliphatic carbocycles. The molecule has 3 aliphatic rings. The van der Waals surface area contributed by atoms with Crippen LogP contribution in [0.25, 0.3) is 0 Å². The Kier molecular flexibility index (Phi) is 4.07. The van der Waals surface area contributed by atoms with Crippen LogP contribution in [-0.4, -0.2) is 45.8 Å². The number of hydrogen-bond acceptors (Lipinski definition) is 6. The smallest absolute Gasteiger partial charge is 0.229 e. The standard InChI is InChI=1S/C16H20N4O3S/c21-13-7-10-5-11(13)6-12(10)15(23)20-3-1-9(2-4-20)14(22)18-16-19-17-8-24-16/h8-12H,1-7H2,(H,18,19,22)/t10-,11-,12-/m1/s1. The van der Waals surface area contributed by atoms with Crippen molar-refractivity contribution in [3.8, 4) is 0 Å². The van der Waals surface area contributed by atoms with Gasteiger partial charge in [-0.3, -0.25) is 14.4 Å². The van der Waals surface area contributed by atoms with Crippen LogP contribution in [-0.2, 0) is 14.4 Å². The monoisotopic (exact) mass is 348 g/mol. The fourth-order valence-corrected chi connectivity index (χ4v) is 4.82. The summed E-state index contributed by atoms with van der Waals surface area (Å²) in [6.45, 7) is 1.24. The Morgan fingerprint density at radius 3 is 2.62 bits per heavy atom. The predicted octanol–water partition coefficient (Wildman–Crippen LogP) is 1.33. The van der Waals surface area contributed by atoms with Crippen molar-refractivity contribution < 1.29 is 14.4 Å². The number of anilines is 1. The van der Waals surface area contributed by atoms with Gasteiger partial charge >= 0.3 is 0 Å². The summed E-state index contributed by atoms with van der Waals surface area (Å²) in [7, 11) is 0. The van der Waals surface area contributed by atoms with Crippen LogP contribution in [0.5, 0.6) is 0 Å². The molecule has 0 radical (unpaired) electrons. The molecule has 1 aromatic heterocycles. The summed E-state index contributed by atoms with van der Waals surface area (Å²) >= 11 is 1.30. The Labute approximate surface area is 143 Å². The number of rotatable bonds is 3. The van der Waals surface area contributed by atoms with Crippen LogP contribution in [0.15, 0.2) is 5.51 Å². The molecule has 2 amide bonds. The van der Waals surface area contributed by atoms with Gasteiger partial charge < -0.3 is 10.2 Å². The Balaban J connectivity index is 1.29. The number of ketones is 1. The number of nitrogens with one attached hydrogen (secondary N) is 1. The Morgan fingerprint density at radius 1 is 1.25 bits per heavy atom. The van der Waals surface area contributed by atoms with E-state index in [1.807, 2.05) is 4.90 Å². The number of fused-ring (bicyclic) bond motifs is 2. The molecule has 128 valence electrons. The van der Waals surface area contributed by atoms with Crippen LogP contribution in [0.3, 0.4) is 0 Å². The minimum Gasteiger partial charge on any atom is -0.342 e. The number of carbonyl (C=O) groups excluding carboxylic acids is 3. The van der Waals surface area contributed by atoms with Crippen molar-refractivity contribution in [1.82, 2.24) is 15.1 Å². The molecule has 0 unspecified atom stereocenters. The molecule has 4 rings (SSSR count). The Bertz CT molecular complexity index is 654. The molecule has 24 heavy (non-hydrogen) atoms. The van der Waals surface area contributed by atoms with E-state index in [0.29, 0.717) is 43.3 Å². The largest absolute Gasteiger partial charge is 0.342 e. The molecule has 3 atom stereocenters. The van der Waals surface area contributed by atoms with Crippen molar-refractivity contribution in [1.29, 1.82) is 0 Å². The van der Waals surface area contributed by atoms with Crippen LogP contribution >= 0.6 is 11.3 Å². The first kappa shape index (κ1) is 15.7. The van der Waals surface area contributed by atoms with Gasteiger partial charge in [-0.1, -0.05) is 11.3 Å². The summed E-state index contributed by atoms with van der Waals surface area (Å²) < 4.78 is 0. The number of hydrogen-bond donors (Lipinski definition) is 1. The third-order valence-corrected chi connectivity index (χ3v) is 6.30. The highest BCUT2D eigenvalue weighted by Gasteiger charge is 2.49. The lowest BCUT2D eigenvalue weighted by Gasteiger charge is -2.34. The molecule has 8 heteroatoms. The van der Waals surface area contributed by atoms with Gasteiger partial charge in [-0.15, -0.1) is 10.2 Å². The molecular formula is C16H20N4O3S. The molecule has 2 bridgehead atoms. The fourth-order valence-electron chi connectivity index (χ4n) is 4.37. The molecule has 1 aliphatic heterocycles. The molecule has 1 N–H and O–H groups in total. The molecule has 2 heterocycles. The van der Waals surface area contributed by atoms with Crippen molar-refractivity contribution in [2.75, 3.05) is 18.4 Å². The van der Waals surface area contributed by atoms with E-state index in [-0.39, 0.29) is 35.5 Å². The minimum atomic E-state index is -0.0837. The second-order valence-corrected chi connectivity index (χ2v) is 7.87. The highest BCUT2D eigenvalue weighted by molar-refractivity contribution is 7.13. The number of carbonyl (C=O) groups is 3. The summed E-state index contributed by atoms with van der Waals surface area (Å²) in [5.74, 6) is 0.824. The van der Waals surface area contributed by atoms with Crippen LogP contribution in [0.4, 0.5) is 5.13 Å². The zero-order valence-corrected chi connectivity index (χ0v) is 14.1. The number of Topliss-reactive ketones (excluding diaryl/α,β-unsaturated/α-hetero) is 1. The van der Waals surface area contributed by atoms with E-state index in [4.69, 9.17) is 0 Å². The first-order valence-electron chi connectivity index (χ1n) is 8.50. The van der Waals surface area contributed by atoms with E-state index in [1.165, 1.54) is 11.3 Å². The van der Waals surface area contributed by atoms with Crippen LogP contribution in [0.2, 0.25) is 0 Å². The van der Waals surface area contributed by atoms with Gasteiger partial charge in [0.15, 0.2) is 0 Å². The highest BCUT2D eigenvalue weighted by Crippen LogP contribution is 2.47. The zero-order valence-electron chi connectivity index (χ0n) is 13.3. The van der Waals surface area contributed by atoms with Crippen molar-refractivity contribution in [3.05, 3.63) is 5.51 Å². The lowest BCUT2D eigenvalue weighted by molar-refractivity contribution is -0.140. The summed E-state index contributed by atoms with van der Waals surface area (Å²) in [6.07, 6.45) is 3.57. The summed E-state index contributed by atoms with van der Waals surface area (Å²) in [4.78, 5) is 38.5. The van der Waals surface area contributed by atoms with E-state index < -0.39 is 0 Å². The number of likely N-dealkylation sites (tertiary alicyclic amines) is 1. The molecular weight excluding hydrogens is 328 g/mol.